The Labute approximate surface area is 157 Å². The molecule has 0 bridgehead atoms. The molecule has 0 saturated heterocycles. The molecule has 0 radical (unpaired) electrons. The molecule has 0 spiro atoms. The van der Waals surface area contributed by atoms with Gasteiger partial charge in [0.2, 0.25) is 11.8 Å². The second-order valence-electron chi connectivity index (χ2n) is 6.46. The molecule has 1 aliphatic heterocycles. The van der Waals surface area contributed by atoms with Gasteiger partial charge in [0.1, 0.15) is 0 Å². The second-order valence-corrected chi connectivity index (χ2v) is 6.46. The number of benzene rings is 1. The Morgan fingerprint density at radius 1 is 1.11 bits per heavy atom. The lowest BCUT2D eigenvalue weighted by Crippen LogP contribution is -2.42. The van der Waals surface area contributed by atoms with E-state index >= 15 is 0 Å². The Bertz CT molecular complexity index is 816. The van der Waals surface area contributed by atoms with Crippen molar-refractivity contribution in [3.05, 3.63) is 59.5 Å². The maximum absolute atomic E-state index is 12.4. The monoisotopic (exact) mass is 369 g/mol. The zero-order chi connectivity index (χ0) is 19.2. The predicted octanol–water partition coefficient (Wildman–Crippen LogP) is 1.66. The maximum Gasteiger partial charge on any atom is 0.287 e. The first-order valence-corrected chi connectivity index (χ1v) is 8.99. The fraction of sp³-hybridized carbons (Fsp3) is 0.350. The van der Waals surface area contributed by atoms with Gasteiger partial charge in [-0.15, -0.1) is 0 Å². The number of furan rings is 1. The molecule has 7 nitrogen and oxygen atoms in total. The van der Waals surface area contributed by atoms with Crippen LogP contribution in [-0.2, 0) is 16.0 Å². The van der Waals surface area contributed by atoms with Gasteiger partial charge in [-0.3, -0.25) is 14.4 Å². The summed E-state index contributed by atoms with van der Waals surface area (Å²) < 4.78 is 5.00. The normalized spacial score (nSPS) is 15.7. The van der Waals surface area contributed by atoms with Crippen LogP contribution in [0.3, 0.4) is 0 Å². The number of amides is 3. The molecule has 3 amide bonds. The Kier molecular flexibility index (Phi) is 5.90. The van der Waals surface area contributed by atoms with E-state index in [1.54, 1.807) is 17.0 Å². The summed E-state index contributed by atoms with van der Waals surface area (Å²) in [5.74, 6) is -0.279. The van der Waals surface area contributed by atoms with Gasteiger partial charge in [-0.25, -0.2) is 0 Å². The average molecular weight is 369 g/mol. The minimum atomic E-state index is -0.321. The summed E-state index contributed by atoms with van der Waals surface area (Å²) in [7, 11) is 0. The van der Waals surface area contributed by atoms with Crippen LogP contribution in [0.2, 0.25) is 0 Å². The molecule has 3 rings (SSSR count). The van der Waals surface area contributed by atoms with Crippen LogP contribution < -0.4 is 10.6 Å². The Balaban J connectivity index is 1.53. The standard InChI is InChI=1S/C20H23N3O4/c1-14(24)23-11-8-15-5-2-3-6-16(15)17(23)13-19(25)21-9-10-22-20(26)18-7-4-12-27-18/h2-7,12,17H,8-11,13H2,1H3,(H,21,25)(H,22,26). The van der Waals surface area contributed by atoms with Crippen LogP contribution >= 0.6 is 0 Å². The van der Waals surface area contributed by atoms with Crippen molar-refractivity contribution in [2.75, 3.05) is 19.6 Å². The molecule has 1 aliphatic rings. The van der Waals surface area contributed by atoms with Crippen LogP contribution in [0.5, 0.6) is 0 Å². The lowest BCUT2D eigenvalue weighted by atomic mass is 9.90. The third kappa shape index (κ3) is 4.55. The smallest absolute Gasteiger partial charge is 0.287 e. The van der Waals surface area contributed by atoms with E-state index in [1.165, 1.54) is 18.8 Å². The van der Waals surface area contributed by atoms with Crippen molar-refractivity contribution >= 4 is 17.7 Å². The van der Waals surface area contributed by atoms with Gasteiger partial charge in [0.25, 0.3) is 5.91 Å². The Hall–Kier alpha value is -3.09. The summed E-state index contributed by atoms with van der Waals surface area (Å²) in [4.78, 5) is 37.9. The molecule has 2 N–H and O–H groups in total. The van der Waals surface area contributed by atoms with Crippen molar-refractivity contribution in [3.63, 3.8) is 0 Å². The van der Waals surface area contributed by atoms with E-state index in [-0.39, 0.29) is 35.9 Å². The van der Waals surface area contributed by atoms with Gasteiger partial charge in [-0.1, -0.05) is 24.3 Å². The van der Waals surface area contributed by atoms with E-state index in [9.17, 15) is 14.4 Å². The van der Waals surface area contributed by atoms with E-state index in [2.05, 4.69) is 10.6 Å². The molecule has 0 saturated carbocycles. The minimum Gasteiger partial charge on any atom is -0.459 e. The van der Waals surface area contributed by atoms with E-state index in [0.29, 0.717) is 19.6 Å². The van der Waals surface area contributed by atoms with E-state index in [4.69, 9.17) is 4.42 Å². The fourth-order valence-electron chi connectivity index (χ4n) is 3.37. The number of hydrogen-bond acceptors (Lipinski definition) is 4. The number of hydrogen-bond donors (Lipinski definition) is 2. The Morgan fingerprint density at radius 2 is 1.89 bits per heavy atom. The van der Waals surface area contributed by atoms with Crippen LogP contribution in [-0.4, -0.2) is 42.3 Å². The van der Waals surface area contributed by atoms with Gasteiger partial charge >= 0.3 is 0 Å². The molecule has 1 unspecified atom stereocenters. The SMILES string of the molecule is CC(=O)N1CCc2ccccc2C1CC(=O)NCCNC(=O)c1ccco1. The average Bonchev–Trinajstić information content (AvgIpc) is 3.20. The summed E-state index contributed by atoms with van der Waals surface area (Å²) >= 11 is 0. The van der Waals surface area contributed by atoms with Crippen molar-refractivity contribution in [2.24, 2.45) is 0 Å². The van der Waals surface area contributed by atoms with Gasteiger partial charge in [0.05, 0.1) is 18.7 Å². The molecule has 1 aromatic carbocycles. The molecule has 27 heavy (non-hydrogen) atoms. The molecule has 1 aromatic heterocycles. The highest BCUT2D eigenvalue weighted by Crippen LogP contribution is 2.32. The zero-order valence-corrected chi connectivity index (χ0v) is 15.2. The molecule has 2 aromatic rings. The highest BCUT2D eigenvalue weighted by atomic mass is 16.3. The molecule has 7 heteroatoms. The second kappa shape index (κ2) is 8.53. The van der Waals surface area contributed by atoms with E-state index in [1.807, 2.05) is 24.3 Å². The fourth-order valence-corrected chi connectivity index (χ4v) is 3.37. The quantitative estimate of drug-likeness (QED) is 0.758. The Morgan fingerprint density at radius 3 is 2.63 bits per heavy atom. The van der Waals surface area contributed by atoms with Gasteiger partial charge < -0.3 is 20.0 Å². The number of carbonyl (C=O) groups excluding carboxylic acids is 3. The molecule has 142 valence electrons. The van der Waals surface area contributed by atoms with Crippen molar-refractivity contribution in [2.45, 2.75) is 25.8 Å². The van der Waals surface area contributed by atoms with E-state index in [0.717, 1.165) is 12.0 Å². The summed E-state index contributed by atoms with van der Waals surface area (Å²) in [5.41, 5.74) is 2.21. The molecule has 1 atom stereocenters. The van der Waals surface area contributed by atoms with Gasteiger partial charge in [-0.05, 0) is 29.7 Å². The van der Waals surface area contributed by atoms with Crippen LogP contribution in [0.4, 0.5) is 0 Å². The first kappa shape index (κ1) is 18.7. The van der Waals surface area contributed by atoms with Crippen molar-refractivity contribution in [3.8, 4) is 0 Å². The topological polar surface area (TPSA) is 91.7 Å². The number of fused-ring (bicyclic) bond motifs is 1. The highest BCUT2D eigenvalue weighted by molar-refractivity contribution is 5.91. The van der Waals surface area contributed by atoms with Gasteiger partial charge in [0.15, 0.2) is 5.76 Å². The number of carbonyl (C=O) groups is 3. The molecule has 0 aliphatic carbocycles. The first-order chi connectivity index (χ1) is 13.1. The summed E-state index contributed by atoms with van der Waals surface area (Å²) in [6.45, 7) is 2.75. The molecule has 2 heterocycles. The lowest BCUT2D eigenvalue weighted by Gasteiger charge is -2.36. The van der Waals surface area contributed by atoms with Gasteiger partial charge in [-0.2, -0.15) is 0 Å². The van der Waals surface area contributed by atoms with E-state index < -0.39 is 0 Å². The van der Waals surface area contributed by atoms with Crippen molar-refractivity contribution in [1.29, 1.82) is 0 Å². The zero-order valence-electron chi connectivity index (χ0n) is 15.2. The molecular weight excluding hydrogens is 346 g/mol. The minimum absolute atomic E-state index is 0.0342. The summed E-state index contributed by atoms with van der Waals surface area (Å²) in [5, 5.41) is 5.47. The number of nitrogens with one attached hydrogen (secondary N) is 2. The van der Waals surface area contributed by atoms with Crippen LogP contribution in [0.15, 0.2) is 47.1 Å². The number of nitrogens with zero attached hydrogens (tertiary/aromatic N) is 1. The largest absolute Gasteiger partial charge is 0.459 e. The lowest BCUT2D eigenvalue weighted by molar-refractivity contribution is -0.133. The highest BCUT2D eigenvalue weighted by Gasteiger charge is 2.30. The van der Waals surface area contributed by atoms with Crippen molar-refractivity contribution < 1.29 is 18.8 Å². The third-order valence-electron chi connectivity index (χ3n) is 4.67. The number of rotatable bonds is 6. The predicted molar refractivity (Wildman–Crippen MR) is 98.9 cm³/mol. The third-order valence-corrected chi connectivity index (χ3v) is 4.67. The first-order valence-electron chi connectivity index (χ1n) is 8.99. The summed E-state index contributed by atoms with van der Waals surface area (Å²) in [6, 6.07) is 10.9. The molecular formula is C20H23N3O4. The maximum atomic E-state index is 12.4. The van der Waals surface area contributed by atoms with Crippen LogP contribution in [0.25, 0.3) is 0 Å². The molecule has 0 fully saturated rings. The van der Waals surface area contributed by atoms with Crippen LogP contribution in [0, 0.1) is 0 Å². The van der Waals surface area contributed by atoms with Crippen LogP contribution in [0.1, 0.15) is 41.1 Å². The van der Waals surface area contributed by atoms with Gasteiger partial charge in [0, 0.05) is 26.6 Å². The van der Waals surface area contributed by atoms with Crippen molar-refractivity contribution in [1.82, 2.24) is 15.5 Å². The summed E-state index contributed by atoms with van der Waals surface area (Å²) in [6.07, 6.45) is 2.43.